The van der Waals surface area contributed by atoms with Gasteiger partial charge in [0.15, 0.2) is 0 Å². The lowest BCUT2D eigenvalue weighted by Gasteiger charge is -2.39. The molecule has 1 fully saturated rings. The molecule has 2 aliphatic heterocycles. The highest BCUT2D eigenvalue weighted by molar-refractivity contribution is 8.00. The van der Waals surface area contributed by atoms with E-state index in [1.807, 2.05) is 44.5 Å². The minimum Gasteiger partial charge on any atom is -0.480 e. The minimum absolute atomic E-state index is 0.0962. The average molecular weight is 1160 g/mol. The molecule has 0 saturated carbocycles. The van der Waals surface area contributed by atoms with Crippen molar-refractivity contribution in [3.63, 3.8) is 0 Å². The molecule has 0 spiro atoms. The predicted octanol–water partition coefficient (Wildman–Crippen LogP) is 0.857. The minimum atomic E-state index is -5.22. The molecule has 3 aliphatic rings. The number of anilines is 2. The standard InChI is InChI=1S/C51H62N6O19S3/c1-5-56(6-2)29-11-16-33-38(21-29)75-39-22-30(57(7-3)8-4)12-17-34(39)45(33)35-18-15-32(23-41(35)79(71,72)73)78(69,70)55-36(50(67)68)19-20-42(59)54-37(49(66)52-24-44(61)62)26-77-27-43(60)53-28-9-13-31(14-10-28)74-51-48(65)47(64)46(63)40(25-58)76-51/h9-18,21-23,36-37,40,46-48,51,55,58,63-65H,5-8,19-20,24-27H2,1-4H3,(H5-,52,53,54,59,60,61,62,66,67,68,71,72,73)/p+1/t36-,37-,40+,46+,47-,48-,51-/m0/s1. The quantitative estimate of drug-likeness (QED) is 0.0208. The Balaban J connectivity index is 1.16. The number of fused-ring (bicyclic) bond motifs is 2. The average Bonchev–Trinajstić information content (AvgIpc) is 3.54. The normalized spacial score (nSPS) is 18.3. The molecule has 2 heterocycles. The third kappa shape index (κ3) is 15.3. The van der Waals surface area contributed by atoms with Crippen molar-refractivity contribution in [1.82, 2.24) is 19.9 Å². The maximum Gasteiger partial charge on any atom is 0.322 e. The highest BCUT2D eigenvalue weighted by Crippen LogP contribution is 2.43. The lowest BCUT2D eigenvalue weighted by Crippen LogP contribution is -2.60. The number of nitrogens with one attached hydrogen (secondary N) is 4. The van der Waals surface area contributed by atoms with E-state index in [-0.39, 0.29) is 34.1 Å². The zero-order valence-corrected chi connectivity index (χ0v) is 45.7. The molecular weight excluding hydrogens is 1100 g/mol. The van der Waals surface area contributed by atoms with E-state index >= 15 is 0 Å². The number of thioether (sulfide) groups is 1. The second-order valence-electron chi connectivity index (χ2n) is 18.0. The van der Waals surface area contributed by atoms with Crippen molar-refractivity contribution in [2.75, 3.05) is 61.1 Å². The number of carboxylic acids is 2. The molecule has 25 nitrogen and oxygen atoms in total. The highest BCUT2D eigenvalue weighted by atomic mass is 32.2. The van der Waals surface area contributed by atoms with Gasteiger partial charge in [0.1, 0.15) is 78.1 Å². The van der Waals surface area contributed by atoms with E-state index in [1.165, 1.54) is 30.3 Å². The van der Waals surface area contributed by atoms with Crippen LogP contribution in [0.5, 0.6) is 5.75 Å². The number of rotatable bonds is 26. The van der Waals surface area contributed by atoms with Crippen molar-refractivity contribution >= 4 is 83.9 Å². The van der Waals surface area contributed by atoms with Gasteiger partial charge in [-0.15, -0.1) is 11.8 Å². The zero-order valence-electron chi connectivity index (χ0n) is 43.3. The van der Waals surface area contributed by atoms with Crippen molar-refractivity contribution in [2.45, 2.75) is 93.1 Å². The molecule has 1 saturated heterocycles. The number of aliphatic carboxylic acids is 2. The molecule has 11 N–H and O–H groups in total. The summed E-state index contributed by atoms with van der Waals surface area (Å²) < 4.78 is 86.5. The first-order chi connectivity index (χ1) is 37.4. The van der Waals surface area contributed by atoms with Gasteiger partial charge in [-0.2, -0.15) is 13.1 Å². The lowest BCUT2D eigenvalue weighted by molar-refractivity contribution is -0.277. The number of carbonyl (C=O) groups is 5. The molecule has 1 aliphatic carbocycles. The Labute approximate surface area is 458 Å². The van der Waals surface area contributed by atoms with Gasteiger partial charge in [0.25, 0.3) is 10.1 Å². The number of aliphatic hydroxyl groups excluding tert-OH is 4. The summed E-state index contributed by atoms with van der Waals surface area (Å²) in [7, 11) is -10.2. The highest BCUT2D eigenvalue weighted by Gasteiger charge is 2.45. The first-order valence-electron chi connectivity index (χ1n) is 24.9. The summed E-state index contributed by atoms with van der Waals surface area (Å²) in [5.74, 6) is -5.85. The number of amides is 3. The number of carbonyl (C=O) groups excluding carboxylic acids is 3. The van der Waals surface area contributed by atoms with Crippen LogP contribution in [0.1, 0.15) is 40.5 Å². The number of benzene rings is 4. The number of carboxylic acid groups (broad SMARTS) is 2. The SMILES string of the molecule is CCN(CC)c1ccc2c(-c3ccc(S(=O)(=O)N[C@@H](CCC(=O)N[C@@H](CSCC(=O)Nc4ccc(O[C@H]5O[C@H](CO)[C@@H](O)[C@H](O)[C@@H]5O)cc4)C(=O)NCC(=O)O)C(=O)O)cc3S(=O)(=O)O)c3ccc(=[N+](CC)CC)cc-3oc2c1. The Morgan fingerprint density at radius 2 is 1.49 bits per heavy atom. The number of sulfonamides is 1. The maximum absolute atomic E-state index is 13.9. The van der Waals surface area contributed by atoms with Crippen LogP contribution in [0.3, 0.4) is 0 Å². The Kier molecular flexibility index (Phi) is 21.0. The van der Waals surface area contributed by atoms with Crippen LogP contribution in [0.15, 0.2) is 93.1 Å². The fourth-order valence-electron chi connectivity index (χ4n) is 8.70. The van der Waals surface area contributed by atoms with Gasteiger partial charge in [0.05, 0.1) is 23.3 Å². The second kappa shape index (κ2) is 27.0. The molecular formula is C51H63N6O19S3+. The van der Waals surface area contributed by atoms with Crippen molar-refractivity contribution in [2.24, 2.45) is 0 Å². The van der Waals surface area contributed by atoms with Crippen LogP contribution < -0.4 is 40.2 Å². The Bertz CT molecular complexity index is 3290. The number of ether oxygens (including phenoxy) is 2. The first-order valence-corrected chi connectivity index (χ1v) is 28.9. The fraction of sp³-hybridized carbons (Fsp3) is 0.412. The van der Waals surface area contributed by atoms with Crippen LogP contribution in [0.2, 0.25) is 0 Å². The molecule has 3 amide bonds. The summed E-state index contributed by atoms with van der Waals surface area (Å²) in [4.78, 5) is 63.4. The third-order valence-electron chi connectivity index (χ3n) is 12.8. The Hall–Kier alpha value is -6.73. The summed E-state index contributed by atoms with van der Waals surface area (Å²) in [6, 6.07) is 15.7. The smallest absolute Gasteiger partial charge is 0.322 e. The van der Waals surface area contributed by atoms with Gasteiger partial charge in [-0.05, 0) is 88.7 Å². The summed E-state index contributed by atoms with van der Waals surface area (Å²) in [5.41, 5.74) is 2.06. The molecule has 79 heavy (non-hydrogen) atoms. The van der Waals surface area contributed by atoms with Crippen LogP contribution in [0, 0.1) is 0 Å². The van der Waals surface area contributed by atoms with Gasteiger partial charge in [-0.25, -0.2) is 13.0 Å². The summed E-state index contributed by atoms with van der Waals surface area (Å²) in [6.07, 6.45) is -9.02. The summed E-state index contributed by atoms with van der Waals surface area (Å²) >= 11 is 0.844. The van der Waals surface area contributed by atoms with E-state index in [4.69, 9.17) is 19.0 Å². The molecule has 3 aromatic carbocycles. The monoisotopic (exact) mass is 1160 g/mol. The van der Waals surface area contributed by atoms with E-state index in [0.717, 1.165) is 28.9 Å². The third-order valence-corrected chi connectivity index (χ3v) is 16.2. The topological polar surface area (TPSA) is 381 Å². The van der Waals surface area contributed by atoms with Gasteiger partial charge in [-0.3, -0.25) is 28.5 Å². The number of nitrogens with zero attached hydrogens (tertiary/aromatic N) is 2. The first kappa shape index (κ1) is 61.5. The van der Waals surface area contributed by atoms with Gasteiger partial charge >= 0.3 is 11.9 Å². The largest absolute Gasteiger partial charge is 0.480 e. The molecule has 0 radical (unpaired) electrons. The molecule has 0 aromatic heterocycles. The van der Waals surface area contributed by atoms with Crippen molar-refractivity contribution in [1.29, 1.82) is 0 Å². The molecule has 428 valence electrons. The molecule has 3 aromatic rings. The molecule has 6 rings (SSSR count). The van der Waals surface area contributed by atoms with Crippen LogP contribution in [-0.4, -0.2) is 175 Å². The zero-order chi connectivity index (χ0) is 57.9. The summed E-state index contributed by atoms with van der Waals surface area (Å²) in [6.45, 7) is 9.10. The van der Waals surface area contributed by atoms with E-state index < -0.39 is 128 Å². The van der Waals surface area contributed by atoms with Gasteiger partial charge in [-0.1, -0.05) is 6.07 Å². The lowest BCUT2D eigenvalue weighted by atomic mass is 9.93. The van der Waals surface area contributed by atoms with Crippen LogP contribution in [-0.2, 0) is 48.9 Å². The van der Waals surface area contributed by atoms with Crippen molar-refractivity contribution in [3.05, 3.63) is 84.2 Å². The van der Waals surface area contributed by atoms with E-state index in [2.05, 4.69) is 25.4 Å². The summed E-state index contributed by atoms with van der Waals surface area (Å²) in [5, 5.41) is 67.3. The van der Waals surface area contributed by atoms with Gasteiger partial charge < -0.3 is 65.4 Å². The number of aliphatic hydroxyl groups is 4. The Morgan fingerprint density at radius 1 is 0.810 bits per heavy atom. The van der Waals surface area contributed by atoms with Gasteiger partial charge in [0.2, 0.25) is 39.4 Å². The van der Waals surface area contributed by atoms with E-state index in [1.54, 1.807) is 24.3 Å². The Morgan fingerprint density at radius 3 is 2.11 bits per heavy atom. The number of hydrogen-bond donors (Lipinski definition) is 11. The molecule has 0 bridgehead atoms. The van der Waals surface area contributed by atoms with Crippen LogP contribution in [0.4, 0.5) is 11.4 Å². The van der Waals surface area contributed by atoms with Crippen molar-refractivity contribution in [3.8, 4) is 28.2 Å². The van der Waals surface area contributed by atoms with Crippen molar-refractivity contribution < 1.29 is 89.9 Å². The fourth-order valence-corrected chi connectivity index (χ4v) is 11.6. The number of hydrogen-bond acceptors (Lipinski definition) is 18. The van der Waals surface area contributed by atoms with E-state index in [9.17, 15) is 70.9 Å². The maximum atomic E-state index is 13.9. The van der Waals surface area contributed by atoms with Gasteiger partial charge in [0, 0.05) is 70.8 Å². The van der Waals surface area contributed by atoms with Crippen LogP contribution in [0.25, 0.3) is 33.4 Å². The molecule has 7 atom stereocenters. The van der Waals surface area contributed by atoms with Crippen LogP contribution >= 0.6 is 11.8 Å². The predicted molar refractivity (Wildman–Crippen MR) is 288 cm³/mol. The molecule has 28 heteroatoms. The molecule has 0 unspecified atom stereocenters. The van der Waals surface area contributed by atoms with E-state index in [0.29, 0.717) is 54.5 Å². The second-order valence-corrected chi connectivity index (χ2v) is 22.1.